The molecule has 3 rings (SSSR count). The van der Waals surface area contributed by atoms with Crippen LogP contribution in [0, 0.1) is 0 Å². The minimum atomic E-state index is -3.40. The first-order valence-corrected chi connectivity index (χ1v) is 10.5. The van der Waals surface area contributed by atoms with Gasteiger partial charge in [0.2, 0.25) is 10.0 Å². The minimum absolute atomic E-state index is 0.345. The van der Waals surface area contributed by atoms with Gasteiger partial charge in [0.05, 0.1) is 17.7 Å². The van der Waals surface area contributed by atoms with Gasteiger partial charge in [-0.2, -0.15) is 0 Å². The van der Waals surface area contributed by atoms with Crippen molar-refractivity contribution in [3.8, 4) is 5.75 Å². The third kappa shape index (κ3) is 4.43. The van der Waals surface area contributed by atoms with Crippen LogP contribution in [0.15, 0.2) is 53.4 Å². The SMILES string of the molecule is COc1ccccc1N1CCN(Cc2cccc(S(=O)(=O)N(C)C)c2)CC1. The lowest BCUT2D eigenvalue weighted by molar-refractivity contribution is 0.249. The summed E-state index contributed by atoms with van der Waals surface area (Å²) in [6.07, 6.45) is 0. The predicted octanol–water partition coefficient (Wildman–Crippen LogP) is 2.27. The van der Waals surface area contributed by atoms with Gasteiger partial charge in [0.1, 0.15) is 5.75 Å². The molecule has 0 radical (unpaired) electrons. The van der Waals surface area contributed by atoms with E-state index in [-0.39, 0.29) is 0 Å². The molecule has 27 heavy (non-hydrogen) atoms. The van der Waals surface area contributed by atoms with Crippen LogP contribution in [0.25, 0.3) is 0 Å². The zero-order valence-corrected chi connectivity index (χ0v) is 16.9. The lowest BCUT2D eigenvalue weighted by atomic mass is 10.2. The molecule has 2 aromatic carbocycles. The van der Waals surface area contributed by atoms with Gasteiger partial charge in [0.15, 0.2) is 0 Å². The molecular weight excluding hydrogens is 362 g/mol. The standard InChI is InChI=1S/C20H27N3O3S/c1-21(2)27(24,25)18-8-6-7-17(15-18)16-22-11-13-23(14-12-22)19-9-4-5-10-20(19)26-3/h4-10,15H,11-14,16H2,1-3H3. The molecule has 0 aromatic heterocycles. The molecule has 1 heterocycles. The first kappa shape index (κ1) is 19.7. The molecule has 146 valence electrons. The van der Waals surface area contributed by atoms with Gasteiger partial charge < -0.3 is 9.64 Å². The van der Waals surface area contributed by atoms with Crippen molar-refractivity contribution in [2.75, 3.05) is 52.3 Å². The van der Waals surface area contributed by atoms with E-state index in [4.69, 9.17) is 4.74 Å². The number of benzene rings is 2. The molecule has 0 spiro atoms. The van der Waals surface area contributed by atoms with Crippen molar-refractivity contribution in [1.29, 1.82) is 0 Å². The van der Waals surface area contributed by atoms with Crippen LogP contribution in [0.1, 0.15) is 5.56 Å². The highest BCUT2D eigenvalue weighted by Crippen LogP contribution is 2.28. The Morgan fingerprint density at radius 3 is 2.37 bits per heavy atom. The Kier molecular flexibility index (Phi) is 6.04. The molecule has 0 unspecified atom stereocenters. The second-order valence-corrected chi connectivity index (χ2v) is 9.02. The molecule has 1 saturated heterocycles. The molecule has 7 heteroatoms. The Morgan fingerprint density at radius 1 is 1.00 bits per heavy atom. The third-order valence-electron chi connectivity index (χ3n) is 4.88. The summed E-state index contributed by atoms with van der Waals surface area (Å²) < 4.78 is 31.4. The van der Waals surface area contributed by atoms with Crippen molar-refractivity contribution in [2.45, 2.75) is 11.4 Å². The van der Waals surface area contributed by atoms with E-state index >= 15 is 0 Å². The molecule has 2 aromatic rings. The van der Waals surface area contributed by atoms with E-state index in [9.17, 15) is 8.42 Å². The predicted molar refractivity (Wildman–Crippen MR) is 108 cm³/mol. The van der Waals surface area contributed by atoms with Crippen LogP contribution in [0.3, 0.4) is 0 Å². The fraction of sp³-hybridized carbons (Fsp3) is 0.400. The molecule has 0 aliphatic carbocycles. The van der Waals surface area contributed by atoms with Gasteiger partial charge >= 0.3 is 0 Å². The monoisotopic (exact) mass is 389 g/mol. The molecule has 0 saturated carbocycles. The van der Waals surface area contributed by atoms with Crippen molar-refractivity contribution < 1.29 is 13.2 Å². The summed E-state index contributed by atoms with van der Waals surface area (Å²) in [4.78, 5) is 5.04. The average molecular weight is 390 g/mol. The van der Waals surface area contributed by atoms with E-state index in [2.05, 4.69) is 15.9 Å². The summed E-state index contributed by atoms with van der Waals surface area (Å²) in [6.45, 7) is 4.41. The number of sulfonamides is 1. The molecule has 0 atom stereocenters. The quantitative estimate of drug-likeness (QED) is 0.759. The fourth-order valence-corrected chi connectivity index (χ4v) is 4.28. The van der Waals surface area contributed by atoms with E-state index in [1.165, 1.54) is 4.31 Å². The van der Waals surface area contributed by atoms with Crippen molar-refractivity contribution in [3.05, 3.63) is 54.1 Å². The van der Waals surface area contributed by atoms with Crippen LogP contribution < -0.4 is 9.64 Å². The smallest absolute Gasteiger partial charge is 0.242 e. The summed E-state index contributed by atoms with van der Waals surface area (Å²) in [5.74, 6) is 0.896. The van der Waals surface area contributed by atoms with E-state index in [1.807, 2.05) is 30.3 Å². The van der Waals surface area contributed by atoms with Gasteiger partial charge in [-0.15, -0.1) is 0 Å². The number of hydrogen-bond acceptors (Lipinski definition) is 5. The molecule has 0 N–H and O–H groups in total. The molecular formula is C20H27N3O3S. The zero-order valence-electron chi connectivity index (χ0n) is 16.1. The lowest BCUT2D eigenvalue weighted by Gasteiger charge is -2.36. The highest BCUT2D eigenvalue weighted by atomic mass is 32.2. The number of rotatable bonds is 6. The number of anilines is 1. The fourth-order valence-electron chi connectivity index (χ4n) is 3.31. The summed E-state index contributed by atoms with van der Waals surface area (Å²) in [5.41, 5.74) is 2.14. The van der Waals surface area contributed by atoms with Crippen LogP contribution in [-0.4, -0.2) is 65.0 Å². The second-order valence-electron chi connectivity index (χ2n) is 6.87. The Hall–Kier alpha value is -2.09. The molecule has 1 aliphatic heterocycles. The summed E-state index contributed by atoms with van der Waals surface area (Å²) >= 11 is 0. The molecule has 0 amide bonds. The Balaban J connectivity index is 1.65. The normalized spacial score (nSPS) is 15.9. The zero-order chi connectivity index (χ0) is 19.4. The van der Waals surface area contributed by atoms with Gasteiger partial charge in [0, 0.05) is 46.8 Å². The summed E-state index contributed by atoms with van der Waals surface area (Å²) in [7, 11) is 1.41. The van der Waals surface area contributed by atoms with Gasteiger partial charge in [-0.25, -0.2) is 12.7 Å². The number of ether oxygens (including phenoxy) is 1. The number of nitrogens with zero attached hydrogens (tertiary/aromatic N) is 3. The van der Waals surface area contributed by atoms with Crippen LogP contribution in [0.2, 0.25) is 0 Å². The molecule has 1 fully saturated rings. The van der Waals surface area contributed by atoms with E-state index < -0.39 is 10.0 Å². The van der Waals surface area contributed by atoms with E-state index in [1.54, 1.807) is 33.3 Å². The van der Waals surface area contributed by atoms with Crippen LogP contribution in [0.5, 0.6) is 5.75 Å². The van der Waals surface area contributed by atoms with Crippen molar-refractivity contribution in [2.24, 2.45) is 0 Å². The van der Waals surface area contributed by atoms with Crippen LogP contribution in [-0.2, 0) is 16.6 Å². The summed E-state index contributed by atoms with van der Waals surface area (Å²) in [5, 5.41) is 0. The van der Waals surface area contributed by atoms with Gasteiger partial charge in [0.25, 0.3) is 0 Å². The van der Waals surface area contributed by atoms with E-state index in [0.717, 1.165) is 49.7 Å². The number of piperazine rings is 1. The molecule has 1 aliphatic rings. The number of hydrogen-bond donors (Lipinski definition) is 0. The largest absolute Gasteiger partial charge is 0.495 e. The Bertz CT molecular complexity index is 876. The first-order chi connectivity index (χ1) is 12.9. The second kappa shape index (κ2) is 8.29. The highest BCUT2D eigenvalue weighted by Gasteiger charge is 2.21. The van der Waals surface area contributed by atoms with Gasteiger partial charge in [-0.1, -0.05) is 24.3 Å². The Morgan fingerprint density at radius 2 is 1.70 bits per heavy atom. The van der Waals surface area contributed by atoms with Crippen LogP contribution in [0.4, 0.5) is 5.69 Å². The summed E-state index contributed by atoms with van der Waals surface area (Å²) in [6, 6.07) is 15.3. The van der Waals surface area contributed by atoms with Crippen molar-refractivity contribution in [1.82, 2.24) is 9.21 Å². The van der Waals surface area contributed by atoms with Gasteiger partial charge in [-0.05, 0) is 29.8 Å². The van der Waals surface area contributed by atoms with Crippen molar-refractivity contribution in [3.63, 3.8) is 0 Å². The maximum Gasteiger partial charge on any atom is 0.242 e. The Labute approximate surface area is 162 Å². The van der Waals surface area contributed by atoms with E-state index in [0.29, 0.717) is 4.90 Å². The highest BCUT2D eigenvalue weighted by molar-refractivity contribution is 7.89. The maximum absolute atomic E-state index is 12.3. The first-order valence-electron chi connectivity index (χ1n) is 9.03. The number of para-hydroxylation sites is 2. The minimum Gasteiger partial charge on any atom is -0.495 e. The maximum atomic E-state index is 12.3. The number of methoxy groups -OCH3 is 1. The molecule has 0 bridgehead atoms. The molecule has 6 nitrogen and oxygen atoms in total. The van der Waals surface area contributed by atoms with Crippen molar-refractivity contribution >= 4 is 15.7 Å². The average Bonchev–Trinajstić information content (AvgIpc) is 2.68. The third-order valence-corrected chi connectivity index (χ3v) is 6.69. The topological polar surface area (TPSA) is 53.1 Å². The lowest BCUT2D eigenvalue weighted by Crippen LogP contribution is -2.46. The van der Waals surface area contributed by atoms with Gasteiger partial charge in [-0.3, -0.25) is 4.90 Å². The van der Waals surface area contributed by atoms with Crippen LogP contribution >= 0.6 is 0 Å².